The fourth-order valence-electron chi connectivity index (χ4n) is 1.89. The number of hydrogen-bond acceptors (Lipinski definition) is 3. The fourth-order valence-corrected chi connectivity index (χ4v) is 2.37. The summed E-state index contributed by atoms with van der Waals surface area (Å²) in [6.45, 7) is 4.37. The van der Waals surface area contributed by atoms with Crippen molar-refractivity contribution in [2.75, 3.05) is 5.73 Å². The first-order valence-corrected chi connectivity index (χ1v) is 6.91. The molecule has 18 heavy (non-hydrogen) atoms. The van der Waals surface area contributed by atoms with Crippen LogP contribution in [0.25, 0.3) is 11.1 Å². The molecule has 2 N–H and O–H groups in total. The van der Waals surface area contributed by atoms with Gasteiger partial charge in [-0.2, -0.15) is 0 Å². The van der Waals surface area contributed by atoms with Gasteiger partial charge in [-0.1, -0.05) is 59.6 Å². The minimum absolute atomic E-state index is 0.459. The van der Waals surface area contributed by atoms with Crippen molar-refractivity contribution < 1.29 is 4.52 Å². The Morgan fingerprint density at radius 1 is 1.39 bits per heavy atom. The van der Waals surface area contributed by atoms with Crippen LogP contribution in [0.2, 0.25) is 0 Å². The maximum Gasteiger partial charge on any atom is 0.175 e. The summed E-state index contributed by atoms with van der Waals surface area (Å²) in [5, 5.41) is 3.90. The summed E-state index contributed by atoms with van der Waals surface area (Å²) in [6, 6.07) is 7.98. The standard InChI is InChI=1S/C14H17BrN2O/c1-3-9(2)8-12-13(14(16)17-18-12)10-6-4-5-7-11(10)15/h4-7,9H,3,8H2,1-2H3,(H2,16,17). The van der Waals surface area contributed by atoms with E-state index in [0.717, 1.165) is 34.2 Å². The van der Waals surface area contributed by atoms with Crippen molar-refractivity contribution in [3.8, 4) is 11.1 Å². The van der Waals surface area contributed by atoms with Crippen molar-refractivity contribution in [2.45, 2.75) is 26.7 Å². The van der Waals surface area contributed by atoms with E-state index in [4.69, 9.17) is 10.3 Å². The highest BCUT2D eigenvalue weighted by molar-refractivity contribution is 9.10. The quantitative estimate of drug-likeness (QED) is 0.917. The van der Waals surface area contributed by atoms with E-state index < -0.39 is 0 Å². The van der Waals surface area contributed by atoms with Crippen molar-refractivity contribution in [1.29, 1.82) is 0 Å². The van der Waals surface area contributed by atoms with Crippen LogP contribution in [0.5, 0.6) is 0 Å². The topological polar surface area (TPSA) is 52.0 Å². The highest BCUT2D eigenvalue weighted by Crippen LogP contribution is 2.35. The molecule has 1 aromatic heterocycles. The van der Waals surface area contributed by atoms with Crippen LogP contribution < -0.4 is 5.73 Å². The summed E-state index contributed by atoms with van der Waals surface area (Å²) >= 11 is 3.54. The van der Waals surface area contributed by atoms with Gasteiger partial charge in [0.05, 0.1) is 5.56 Å². The molecule has 1 unspecified atom stereocenters. The van der Waals surface area contributed by atoms with Crippen LogP contribution in [0.1, 0.15) is 26.0 Å². The average molecular weight is 309 g/mol. The van der Waals surface area contributed by atoms with Crippen LogP contribution in [-0.4, -0.2) is 5.16 Å². The van der Waals surface area contributed by atoms with Gasteiger partial charge in [0.15, 0.2) is 5.82 Å². The van der Waals surface area contributed by atoms with E-state index in [9.17, 15) is 0 Å². The number of nitrogens with two attached hydrogens (primary N) is 1. The third kappa shape index (κ3) is 2.58. The van der Waals surface area contributed by atoms with E-state index in [1.165, 1.54) is 0 Å². The first kappa shape index (κ1) is 13.1. The average Bonchev–Trinajstić information content (AvgIpc) is 2.71. The molecule has 0 aliphatic heterocycles. The summed E-state index contributed by atoms with van der Waals surface area (Å²) < 4.78 is 6.39. The number of aromatic nitrogens is 1. The summed E-state index contributed by atoms with van der Waals surface area (Å²) in [7, 11) is 0. The molecule has 1 heterocycles. The van der Waals surface area contributed by atoms with Gasteiger partial charge in [0.1, 0.15) is 5.76 Å². The zero-order chi connectivity index (χ0) is 13.1. The molecule has 0 spiro atoms. The molecule has 1 aromatic carbocycles. The lowest BCUT2D eigenvalue weighted by Gasteiger charge is -2.08. The number of anilines is 1. The van der Waals surface area contributed by atoms with Crippen LogP contribution in [0, 0.1) is 5.92 Å². The van der Waals surface area contributed by atoms with Gasteiger partial charge in [-0.05, 0) is 12.0 Å². The molecule has 3 nitrogen and oxygen atoms in total. The molecule has 0 saturated carbocycles. The lowest BCUT2D eigenvalue weighted by atomic mass is 9.98. The Morgan fingerprint density at radius 2 is 2.11 bits per heavy atom. The van der Waals surface area contributed by atoms with Gasteiger partial charge in [-0.25, -0.2) is 0 Å². The molecule has 0 fully saturated rings. The van der Waals surface area contributed by atoms with E-state index in [0.29, 0.717) is 11.7 Å². The van der Waals surface area contributed by atoms with Crippen LogP contribution >= 0.6 is 15.9 Å². The smallest absolute Gasteiger partial charge is 0.175 e. The Hall–Kier alpha value is -1.29. The molecule has 96 valence electrons. The van der Waals surface area contributed by atoms with Crippen LogP contribution in [0.15, 0.2) is 33.3 Å². The second-order valence-electron chi connectivity index (χ2n) is 4.56. The highest BCUT2D eigenvalue weighted by atomic mass is 79.9. The second-order valence-corrected chi connectivity index (χ2v) is 5.42. The largest absolute Gasteiger partial charge is 0.380 e. The molecule has 0 amide bonds. The Labute approximate surface area is 115 Å². The normalized spacial score (nSPS) is 12.6. The molecule has 2 rings (SSSR count). The number of nitrogen functional groups attached to an aromatic ring is 1. The van der Waals surface area contributed by atoms with Crippen molar-refractivity contribution >= 4 is 21.7 Å². The van der Waals surface area contributed by atoms with Gasteiger partial charge in [0.2, 0.25) is 0 Å². The van der Waals surface area contributed by atoms with Gasteiger partial charge >= 0.3 is 0 Å². The predicted molar refractivity (Wildman–Crippen MR) is 77.2 cm³/mol. The molecule has 0 aliphatic rings. The number of nitrogens with zero attached hydrogens (tertiary/aromatic N) is 1. The van der Waals surface area contributed by atoms with Gasteiger partial charge < -0.3 is 10.3 Å². The Kier molecular flexibility index (Phi) is 4.07. The molecular weight excluding hydrogens is 292 g/mol. The fraction of sp³-hybridized carbons (Fsp3) is 0.357. The summed E-state index contributed by atoms with van der Waals surface area (Å²) in [5.74, 6) is 1.88. The summed E-state index contributed by atoms with van der Waals surface area (Å²) in [5.41, 5.74) is 7.89. The molecule has 0 aliphatic carbocycles. The van der Waals surface area contributed by atoms with Crippen molar-refractivity contribution in [1.82, 2.24) is 5.16 Å². The molecule has 4 heteroatoms. The number of hydrogen-bond donors (Lipinski definition) is 1. The van der Waals surface area contributed by atoms with Crippen molar-refractivity contribution in [2.24, 2.45) is 5.92 Å². The Bertz CT molecular complexity index is 536. The molecular formula is C14H17BrN2O. The zero-order valence-corrected chi connectivity index (χ0v) is 12.2. The first-order chi connectivity index (χ1) is 8.63. The van der Waals surface area contributed by atoms with Crippen LogP contribution in [0.4, 0.5) is 5.82 Å². The van der Waals surface area contributed by atoms with E-state index in [2.05, 4.69) is 34.9 Å². The second kappa shape index (κ2) is 5.57. The van der Waals surface area contributed by atoms with Crippen molar-refractivity contribution in [3.05, 3.63) is 34.5 Å². The maximum absolute atomic E-state index is 5.93. The zero-order valence-electron chi connectivity index (χ0n) is 10.6. The molecule has 0 bridgehead atoms. The number of benzene rings is 1. The van der Waals surface area contributed by atoms with Gasteiger partial charge in [-0.15, -0.1) is 0 Å². The molecule has 0 saturated heterocycles. The Balaban J connectivity index is 2.44. The minimum Gasteiger partial charge on any atom is -0.380 e. The first-order valence-electron chi connectivity index (χ1n) is 6.12. The SMILES string of the molecule is CCC(C)Cc1onc(N)c1-c1ccccc1Br. The van der Waals surface area contributed by atoms with Gasteiger partial charge in [0, 0.05) is 16.5 Å². The lowest BCUT2D eigenvalue weighted by Crippen LogP contribution is -1.99. The van der Waals surface area contributed by atoms with Crippen LogP contribution in [0.3, 0.4) is 0 Å². The predicted octanol–water partition coefficient (Wildman–Crippen LogP) is 4.27. The van der Waals surface area contributed by atoms with E-state index in [1.54, 1.807) is 0 Å². The minimum atomic E-state index is 0.459. The lowest BCUT2D eigenvalue weighted by molar-refractivity contribution is 0.364. The molecule has 2 aromatic rings. The summed E-state index contributed by atoms with van der Waals surface area (Å²) in [4.78, 5) is 0. The maximum atomic E-state index is 5.93. The third-order valence-electron chi connectivity index (χ3n) is 3.16. The van der Waals surface area contributed by atoms with Gasteiger partial charge in [-0.3, -0.25) is 0 Å². The number of rotatable bonds is 4. The Morgan fingerprint density at radius 3 is 2.78 bits per heavy atom. The number of halogens is 1. The van der Waals surface area contributed by atoms with Gasteiger partial charge in [0.25, 0.3) is 0 Å². The highest BCUT2D eigenvalue weighted by Gasteiger charge is 2.19. The van der Waals surface area contributed by atoms with Crippen molar-refractivity contribution in [3.63, 3.8) is 0 Å². The molecule has 1 atom stereocenters. The third-order valence-corrected chi connectivity index (χ3v) is 3.85. The molecule has 0 radical (unpaired) electrons. The van der Waals surface area contributed by atoms with E-state index in [1.807, 2.05) is 24.3 Å². The monoisotopic (exact) mass is 308 g/mol. The summed E-state index contributed by atoms with van der Waals surface area (Å²) in [6.07, 6.45) is 1.97. The van der Waals surface area contributed by atoms with E-state index in [-0.39, 0.29) is 0 Å². The van der Waals surface area contributed by atoms with E-state index >= 15 is 0 Å². The van der Waals surface area contributed by atoms with Crippen LogP contribution in [-0.2, 0) is 6.42 Å².